The number of aromatic nitrogens is 1. The summed E-state index contributed by atoms with van der Waals surface area (Å²) in [6.07, 6.45) is 6.17. The number of aromatic amines is 1. The van der Waals surface area contributed by atoms with E-state index >= 15 is 0 Å². The van der Waals surface area contributed by atoms with E-state index in [9.17, 15) is 13.2 Å². The normalized spacial score (nSPS) is 27.5. The van der Waals surface area contributed by atoms with E-state index in [0.717, 1.165) is 23.7 Å². The van der Waals surface area contributed by atoms with Gasteiger partial charge in [0.1, 0.15) is 0 Å². The topological polar surface area (TPSA) is 82.3 Å². The monoisotopic (exact) mass is 347 g/mol. The van der Waals surface area contributed by atoms with Crippen molar-refractivity contribution < 1.29 is 13.2 Å². The smallest absolute Gasteiger partial charge is 0.253 e. The molecule has 2 N–H and O–H groups in total. The van der Waals surface area contributed by atoms with Gasteiger partial charge in [0.05, 0.1) is 11.8 Å². The van der Waals surface area contributed by atoms with E-state index in [0.29, 0.717) is 18.4 Å². The molecule has 2 aromatic rings. The third kappa shape index (κ3) is 2.61. The molecule has 2 bridgehead atoms. The van der Waals surface area contributed by atoms with Gasteiger partial charge in [-0.3, -0.25) is 4.79 Å². The fraction of sp³-hybridized carbons (Fsp3) is 0.471. The van der Waals surface area contributed by atoms with Gasteiger partial charge in [-0.15, -0.1) is 0 Å². The summed E-state index contributed by atoms with van der Waals surface area (Å²) in [6, 6.07) is 7.78. The lowest BCUT2D eigenvalue weighted by Gasteiger charge is -2.37. The Kier molecular flexibility index (Phi) is 3.65. The van der Waals surface area contributed by atoms with Gasteiger partial charge in [-0.2, -0.15) is 4.31 Å². The summed E-state index contributed by atoms with van der Waals surface area (Å²) < 4.78 is 25.5. The van der Waals surface area contributed by atoms with E-state index in [2.05, 4.69) is 10.3 Å². The second-order valence-corrected chi connectivity index (χ2v) is 8.76. The van der Waals surface area contributed by atoms with Crippen LogP contribution in [0.3, 0.4) is 0 Å². The zero-order valence-corrected chi connectivity index (χ0v) is 14.3. The number of amides is 1. The highest BCUT2D eigenvalue weighted by Crippen LogP contribution is 2.37. The number of fused-ring (bicyclic) bond motifs is 3. The molecule has 6 nitrogen and oxygen atoms in total. The Balaban J connectivity index is 1.50. The Hall–Kier alpha value is -1.86. The van der Waals surface area contributed by atoms with Gasteiger partial charge in [0, 0.05) is 35.2 Å². The van der Waals surface area contributed by atoms with Gasteiger partial charge < -0.3 is 10.3 Å². The Morgan fingerprint density at radius 1 is 1.21 bits per heavy atom. The van der Waals surface area contributed by atoms with Crippen LogP contribution in [0.1, 0.15) is 36.0 Å². The molecule has 24 heavy (non-hydrogen) atoms. The highest BCUT2D eigenvalue weighted by molar-refractivity contribution is 7.88. The van der Waals surface area contributed by atoms with Crippen LogP contribution in [0.25, 0.3) is 10.9 Å². The minimum absolute atomic E-state index is 0.0204. The molecule has 2 aliphatic rings. The minimum atomic E-state index is -3.17. The number of carbonyl (C=O) groups excluding carboxylic acids is 1. The van der Waals surface area contributed by atoms with Gasteiger partial charge in [-0.1, -0.05) is 18.2 Å². The van der Waals surface area contributed by atoms with Gasteiger partial charge in [-0.25, -0.2) is 8.42 Å². The van der Waals surface area contributed by atoms with Crippen LogP contribution in [0, 0.1) is 0 Å². The minimum Gasteiger partial charge on any atom is -0.360 e. The number of sulfonamides is 1. The number of rotatable bonds is 3. The lowest BCUT2D eigenvalue weighted by atomic mass is 9.99. The molecule has 0 spiro atoms. The third-order valence-corrected chi connectivity index (χ3v) is 6.58. The van der Waals surface area contributed by atoms with Crippen LogP contribution in [-0.4, -0.2) is 48.0 Å². The molecule has 4 rings (SSSR count). The summed E-state index contributed by atoms with van der Waals surface area (Å²) in [5.74, 6) is -0.0929. The highest BCUT2D eigenvalue weighted by Gasteiger charge is 2.45. The number of nitrogens with zero attached hydrogens (tertiary/aromatic N) is 1. The van der Waals surface area contributed by atoms with Crippen LogP contribution < -0.4 is 5.32 Å². The summed E-state index contributed by atoms with van der Waals surface area (Å²) in [6.45, 7) is 0. The summed E-state index contributed by atoms with van der Waals surface area (Å²) in [7, 11) is -3.17. The fourth-order valence-electron chi connectivity index (χ4n) is 4.32. The lowest BCUT2D eigenvalue weighted by Crippen LogP contribution is -2.52. The number of carbonyl (C=O) groups is 1. The molecule has 2 fully saturated rings. The van der Waals surface area contributed by atoms with E-state index in [1.165, 1.54) is 6.26 Å². The van der Waals surface area contributed by atoms with Crippen LogP contribution in [0.5, 0.6) is 0 Å². The Labute approximate surface area is 141 Å². The molecule has 1 aromatic heterocycles. The molecule has 128 valence electrons. The number of piperidine rings is 1. The molecule has 3 heterocycles. The van der Waals surface area contributed by atoms with Crippen molar-refractivity contribution in [3.05, 3.63) is 36.0 Å². The molecule has 1 amide bonds. The largest absolute Gasteiger partial charge is 0.360 e. The lowest BCUT2D eigenvalue weighted by molar-refractivity contribution is 0.0911. The first-order valence-electron chi connectivity index (χ1n) is 8.29. The van der Waals surface area contributed by atoms with Gasteiger partial charge in [-0.05, 0) is 31.7 Å². The maximum Gasteiger partial charge on any atom is 0.253 e. The average molecular weight is 347 g/mol. The van der Waals surface area contributed by atoms with Crippen molar-refractivity contribution in [3.63, 3.8) is 0 Å². The molecule has 0 unspecified atom stereocenters. The van der Waals surface area contributed by atoms with Gasteiger partial charge in [0.2, 0.25) is 10.0 Å². The van der Waals surface area contributed by atoms with E-state index in [1.807, 2.05) is 24.3 Å². The molecule has 1 aromatic carbocycles. The van der Waals surface area contributed by atoms with E-state index in [1.54, 1.807) is 10.5 Å². The number of para-hydroxylation sites is 1. The van der Waals surface area contributed by atoms with E-state index < -0.39 is 10.0 Å². The molecule has 0 radical (unpaired) electrons. The molecule has 0 aliphatic carbocycles. The molecular weight excluding hydrogens is 326 g/mol. The van der Waals surface area contributed by atoms with Crippen LogP contribution in [0.15, 0.2) is 30.5 Å². The summed E-state index contributed by atoms with van der Waals surface area (Å²) in [5, 5.41) is 4.01. The number of H-pyrrole nitrogens is 1. The number of hydrogen-bond donors (Lipinski definition) is 2. The van der Waals surface area contributed by atoms with Crippen molar-refractivity contribution >= 4 is 26.8 Å². The molecule has 0 saturated carbocycles. The van der Waals surface area contributed by atoms with Crippen molar-refractivity contribution in [2.24, 2.45) is 0 Å². The van der Waals surface area contributed by atoms with Crippen molar-refractivity contribution in [3.8, 4) is 0 Å². The fourth-order valence-corrected chi connectivity index (χ4v) is 5.78. The Morgan fingerprint density at radius 3 is 2.54 bits per heavy atom. The van der Waals surface area contributed by atoms with Crippen molar-refractivity contribution in [1.29, 1.82) is 0 Å². The van der Waals surface area contributed by atoms with Crippen molar-refractivity contribution in [2.75, 3.05) is 6.26 Å². The summed E-state index contributed by atoms with van der Waals surface area (Å²) >= 11 is 0. The van der Waals surface area contributed by atoms with E-state index in [-0.39, 0.29) is 24.0 Å². The van der Waals surface area contributed by atoms with Crippen molar-refractivity contribution in [2.45, 2.75) is 43.8 Å². The van der Waals surface area contributed by atoms with Crippen LogP contribution >= 0.6 is 0 Å². The zero-order chi connectivity index (χ0) is 16.9. The van der Waals surface area contributed by atoms with E-state index in [4.69, 9.17) is 0 Å². The standard InChI is InChI=1S/C17H21N3O3S/c1-24(22,23)20-12-6-7-13(20)9-11(8-12)19-17(21)15-10-18-16-5-3-2-4-14(15)16/h2-5,10-13,18H,6-9H2,1H3,(H,19,21)/t12-,13-/m0/s1. The quantitative estimate of drug-likeness (QED) is 0.889. The maximum absolute atomic E-state index is 12.6. The summed E-state index contributed by atoms with van der Waals surface area (Å²) in [4.78, 5) is 15.8. The molecule has 2 saturated heterocycles. The summed E-state index contributed by atoms with van der Waals surface area (Å²) in [5.41, 5.74) is 1.58. The molecule has 7 heteroatoms. The number of hydrogen-bond acceptors (Lipinski definition) is 3. The SMILES string of the molecule is CS(=O)(=O)N1[C@H]2CC[C@H]1CC(NC(=O)c1c[nH]c3ccccc13)C2. The maximum atomic E-state index is 12.6. The predicted molar refractivity (Wildman–Crippen MR) is 92.3 cm³/mol. The number of nitrogens with one attached hydrogen (secondary N) is 2. The third-order valence-electron chi connectivity index (χ3n) is 5.22. The van der Waals surface area contributed by atoms with Crippen LogP contribution in [0.4, 0.5) is 0 Å². The first-order chi connectivity index (χ1) is 11.4. The first kappa shape index (κ1) is 15.7. The Bertz CT molecular complexity index is 875. The number of benzene rings is 1. The molecular formula is C17H21N3O3S. The predicted octanol–water partition coefficient (Wildman–Crippen LogP) is 1.85. The second-order valence-electron chi connectivity index (χ2n) is 6.87. The van der Waals surface area contributed by atoms with Gasteiger partial charge in [0.15, 0.2) is 0 Å². The first-order valence-corrected chi connectivity index (χ1v) is 10.1. The van der Waals surface area contributed by atoms with Crippen LogP contribution in [0.2, 0.25) is 0 Å². The zero-order valence-electron chi connectivity index (χ0n) is 13.5. The van der Waals surface area contributed by atoms with Gasteiger partial charge >= 0.3 is 0 Å². The average Bonchev–Trinajstić information content (AvgIpc) is 3.07. The van der Waals surface area contributed by atoms with Crippen LogP contribution in [-0.2, 0) is 10.0 Å². The Morgan fingerprint density at radius 2 is 1.88 bits per heavy atom. The molecule has 2 aliphatic heterocycles. The second kappa shape index (κ2) is 5.60. The van der Waals surface area contributed by atoms with Crippen molar-refractivity contribution in [1.82, 2.24) is 14.6 Å². The molecule has 2 atom stereocenters. The van der Waals surface area contributed by atoms with Gasteiger partial charge in [0.25, 0.3) is 5.91 Å². The highest BCUT2D eigenvalue weighted by atomic mass is 32.2.